The predicted molar refractivity (Wildman–Crippen MR) is 34.3 cm³/mol. The molecule has 0 rings (SSSR count). The summed E-state index contributed by atoms with van der Waals surface area (Å²) in [5, 5.41) is 10.5. The third-order valence-corrected chi connectivity index (χ3v) is 0.911. The molecule has 0 aliphatic heterocycles. The fraction of sp³-hybridized carbons (Fsp3) is 0.600. The second kappa shape index (κ2) is 3.84. The van der Waals surface area contributed by atoms with Gasteiger partial charge in [0.25, 0.3) is 0 Å². The maximum Gasteiger partial charge on any atom is 0.327 e. The Kier molecular flexibility index (Phi) is 3.42. The fourth-order valence-corrected chi connectivity index (χ4v) is 0.467. The summed E-state index contributed by atoms with van der Waals surface area (Å²) in [6.07, 6.45) is 0. The molecule has 0 radical (unpaired) electrons. The van der Waals surface area contributed by atoms with E-state index < -0.39 is 17.9 Å². The van der Waals surface area contributed by atoms with Gasteiger partial charge in [-0.05, 0) is 0 Å². The van der Waals surface area contributed by atoms with Crippen LogP contribution in [0.2, 0.25) is 0 Å². The first kappa shape index (κ1) is 8.90. The molecule has 1 unspecified atom stereocenters. The zero-order chi connectivity index (χ0) is 8.15. The number of nitrogens with one attached hydrogen (secondary N) is 1. The lowest BCUT2D eigenvalue weighted by molar-refractivity contribution is -0.141. The first-order chi connectivity index (χ1) is 4.57. The van der Waals surface area contributed by atoms with Crippen LogP contribution in [-0.2, 0) is 9.59 Å². The van der Waals surface area contributed by atoms with E-state index in [1.807, 2.05) is 0 Å². The number of carbonyl (C=O) groups excluding carboxylic acids is 1. The van der Waals surface area contributed by atoms with Crippen LogP contribution in [0.15, 0.2) is 0 Å². The Labute approximate surface area is 58.2 Å². The lowest BCUT2D eigenvalue weighted by Gasteiger charge is -2.08. The number of carboxylic acids is 1. The van der Waals surface area contributed by atoms with Crippen LogP contribution in [0.5, 0.6) is 0 Å². The van der Waals surface area contributed by atoms with Gasteiger partial charge in [0.15, 0.2) is 0 Å². The van der Waals surface area contributed by atoms with Crippen molar-refractivity contribution in [3.05, 3.63) is 0 Å². The van der Waals surface area contributed by atoms with E-state index >= 15 is 0 Å². The van der Waals surface area contributed by atoms with E-state index in [4.69, 9.17) is 10.8 Å². The molecule has 0 aliphatic rings. The van der Waals surface area contributed by atoms with Gasteiger partial charge in [0.05, 0.1) is 0 Å². The zero-order valence-corrected chi connectivity index (χ0v) is 5.63. The van der Waals surface area contributed by atoms with Gasteiger partial charge in [-0.25, -0.2) is 4.79 Å². The van der Waals surface area contributed by atoms with Crippen LogP contribution >= 0.6 is 0 Å². The molecule has 0 aromatic rings. The highest BCUT2D eigenvalue weighted by molar-refractivity contribution is 5.82. The van der Waals surface area contributed by atoms with Crippen molar-refractivity contribution >= 4 is 11.9 Å². The monoisotopic (exact) mass is 146 g/mol. The minimum absolute atomic E-state index is 0.0884. The Hall–Kier alpha value is -1.10. The molecule has 0 aliphatic carbocycles. The topological polar surface area (TPSA) is 92.4 Å². The van der Waals surface area contributed by atoms with Crippen LogP contribution in [0, 0.1) is 0 Å². The Morgan fingerprint density at radius 1 is 1.70 bits per heavy atom. The largest absolute Gasteiger partial charge is 0.480 e. The summed E-state index contributed by atoms with van der Waals surface area (Å²) in [4.78, 5) is 20.5. The maximum absolute atomic E-state index is 10.3. The van der Waals surface area contributed by atoms with Gasteiger partial charge in [-0.15, -0.1) is 0 Å². The highest BCUT2D eigenvalue weighted by Crippen LogP contribution is 1.78. The normalized spacial score (nSPS) is 12.2. The molecule has 5 nitrogen and oxygen atoms in total. The van der Waals surface area contributed by atoms with E-state index in [0.717, 1.165) is 0 Å². The summed E-state index contributed by atoms with van der Waals surface area (Å²) in [5.41, 5.74) is 5.03. The number of carbonyl (C=O) groups is 2. The third kappa shape index (κ3) is 3.03. The van der Waals surface area contributed by atoms with Crippen molar-refractivity contribution in [2.45, 2.75) is 13.0 Å². The van der Waals surface area contributed by atoms with Crippen molar-refractivity contribution in [3.63, 3.8) is 0 Å². The molecule has 0 fully saturated rings. The van der Waals surface area contributed by atoms with Gasteiger partial charge < -0.3 is 16.2 Å². The Balaban J connectivity index is 3.83. The summed E-state index contributed by atoms with van der Waals surface area (Å²) in [7, 11) is 0. The molecular weight excluding hydrogens is 136 g/mol. The lowest BCUT2D eigenvalue weighted by Crippen LogP contribution is -2.44. The molecule has 0 saturated heterocycles. The SMILES string of the molecule is CC(=O)NC(CN)C(=O)O. The third-order valence-electron chi connectivity index (χ3n) is 0.911. The quantitative estimate of drug-likeness (QED) is 0.453. The standard InChI is InChI=1S/C5H10N2O3/c1-3(8)7-4(2-6)5(9)10/h4H,2,6H2,1H3,(H,7,8)(H,9,10). The van der Waals surface area contributed by atoms with E-state index in [-0.39, 0.29) is 6.54 Å². The van der Waals surface area contributed by atoms with E-state index in [2.05, 4.69) is 5.32 Å². The van der Waals surface area contributed by atoms with Crippen molar-refractivity contribution in [1.29, 1.82) is 0 Å². The molecule has 10 heavy (non-hydrogen) atoms. The number of carboxylic acid groups (broad SMARTS) is 1. The van der Waals surface area contributed by atoms with Crippen molar-refractivity contribution in [3.8, 4) is 0 Å². The Morgan fingerprint density at radius 2 is 2.20 bits per heavy atom. The number of aliphatic carboxylic acids is 1. The Morgan fingerprint density at radius 3 is 2.30 bits per heavy atom. The molecule has 0 aromatic carbocycles. The van der Waals surface area contributed by atoms with Gasteiger partial charge in [0.1, 0.15) is 6.04 Å². The van der Waals surface area contributed by atoms with Crippen molar-refractivity contribution in [2.24, 2.45) is 5.73 Å². The number of hydrogen-bond acceptors (Lipinski definition) is 3. The minimum atomic E-state index is -1.11. The number of hydrogen-bond donors (Lipinski definition) is 3. The summed E-state index contributed by atoms with van der Waals surface area (Å²) in [6.45, 7) is 1.15. The van der Waals surface area contributed by atoms with Crippen LogP contribution in [0.25, 0.3) is 0 Å². The molecule has 1 atom stereocenters. The second-order valence-corrected chi connectivity index (χ2v) is 1.83. The lowest BCUT2D eigenvalue weighted by atomic mass is 10.3. The molecule has 58 valence electrons. The summed E-state index contributed by atoms with van der Waals surface area (Å²) >= 11 is 0. The first-order valence-corrected chi connectivity index (χ1v) is 2.78. The van der Waals surface area contributed by atoms with Gasteiger partial charge >= 0.3 is 5.97 Å². The number of rotatable bonds is 3. The van der Waals surface area contributed by atoms with E-state index in [0.29, 0.717) is 0 Å². The fourth-order valence-electron chi connectivity index (χ4n) is 0.467. The van der Waals surface area contributed by atoms with Crippen LogP contribution in [-0.4, -0.2) is 29.6 Å². The summed E-state index contributed by atoms with van der Waals surface area (Å²) < 4.78 is 0. The summed E-state index contributed by atoms with van der Waals surface area (Å²) in [6, 6.07) is -0.961. The van der Waals surface area contributed by atoms with Crippen molar-refractivity contribution in [1.82, 2.24) is 5.32 Å². The van der Waals surface area contributed by atoms with Crippen LogP contribution in [0.4, 0.5) is 0 Å². The van der Waals surface area contributed by atoms with Crippen molar-refractivity contribution < 1.29 is 14.7 Å². The highest BCUT2D eigenvalue weighted by atomic mass is 16.4. The predicted octanol–water partition coefficient (Wildman–Crippen LogP) is -1.47. The molecule has 0 aromatic heterocycles. The average molecular weight is 146 g/mol. The Bertz CT molecular complexity index is 146. The molecule has 0 heterocycles. The van der Waals surface area contributed by atoms with E-state index in [1.54, 1.807) is 0 Å². The number of amides is 1. The van der Waals surface area contributed by atoms with Crippen molar-refractivity contribution in [2.75, 3.05) is 6.54 Å². The smallest absolute Gasteiger partial charge is 0.327 e. The number of nitrogens with two attached hydrogens (primary N) is 1. The zero-order valence-electron chi connectivity index (χ0n) is 5.63. The van der Waals surface area contributed by atoms with Gasteiger partial charge in [-0.2, -0.15) is 0 Å². The van der Waals surface area contributed by atoms with Gasteiger partial charge in [-0.3, -0.25) is 4.79 Å². The van der Waals surface area contributed by atoms with Gasteiger partial charge in [0.2, 0.25) is 5.91 Å². The first-order valence-electron chi connectivity index (χ1n) is 2.78. The molecule has 0 bridgehead atoms. The van der Waals surface area contributed by atoms with E-state index in [9.17, 15) is 9.59 Å². The van der Waals surface area contributed by atoms with Crippen LogP contribution < -0.4 is 11.1 Å². The molecule has 1 amide bonds. The van der Waals surface area contributed by atoms with Gasteiger partial charge in [0, 0.05) is 13.5 Å². The molecule has 0 saturated carbocycles. The average Bonchev–Trinajstić information content (AvgIpc) is 1.81. The minimum Gasteiger partial charge on any atom is -0.480 e. The molecule has 5 heteroatoms. The highest BCUT2D eigenvalue weighted by Gasteiger charge is 2.14. The van der Waals surface area contributed by atoms with Crippen LogP contribution in [0.3, 0.4) is 0 Å². The molecule has 0 spiro atoms. The summed E-state index contributed by atoms with van der Waals surface area (Å²) in [5.74, 6) is -1.50. The molecule has 4 N–H and O–H groups in total. The van der Waals surface area contributed by atoms with Gasteiger partial charge in [-0.1, -0.05) is 0 Å². The second-order valence-electron chi connectivity index (χ2n) is 1.83. The van der Waals surface area contributed by atoms with Crippen LogP contribution in [0.1, 0.15) is 6.92 Å². The van der Waals surface area contributed by atoms with E-state index in [1.165, 1.54) is 6.92 Å². The molecular formula is C5H10N2O3. The maximum atomic E-state index is 10.3.